The molecule has 2 aromatic rings. The number of nitrogens with one attached hydrogen (secondary N) is 1. The second-order valence-electron chi connectivity index (χ2n) is 4.87. The van der Waals surface area contributed by atoms with E-state index >= 15 is 0 Å². The maximum Gasteiger partial charge on any atom is 0.573 e. The van der Waals surface area contributed by atoms with Crippen LogP contribution in [0.5, 0.6) is 5.75 Å². The van der Waals surface area contributed by atoms with E-state index in [0.29, 0.717) is 16.9 Å². The van der Waals surface area contributed by atoms with Crippen molar-refractivity contribution in [2.45, 2.75) is 19.1 Å². The van der Waals surface area contributed by atoms with Crippen LogP contribution in [-0.4, -0.2) is 24.2 Å². The van der Waals surface area contributed by atoms with Gasteiger partial charge in [-0.2, -0.15) is 13.2 Å². The molecule has 1 aromatic carbocycles. The fraction of sp³-hybridized carbons (Fsp3) is 0.200. The van der Waals surface area contributed by atoms with Crippen LogP contribution in [0.4, 0.5) is 26.3 Å². The third kappa shape index (κ3) is 5.48. The number of carbonyl (C=O) groups excluding carboxylic acids is 2. The first-order valence-corrected chi connectivity index (χ1v) is 7.61. The predicted octanol–water partition coefficient (Wildman–Crippen LogP) is 4.32. The second-order valence-corrected chi connectivity index (χ2v) is 5.95. The normalized spacial score (nSPS) is 11.9. The smallest absolute Gasteiger partial charge is 0.406 e. The lowest BCUT2D eigenvalue weighted by molar-refractivity contribution is -0.274. The lowest BCUT2D eigenvalue weighted by Gasteiger charge is -2.09. The van der Waals surface area contributed by atoms with E-state index in [0.717, 1.165) is 24.3 Å². The van der Waals surface area contributed by atoms with Crippen molar-refractivity contribution in [2.24, 2.45) is 0 Å². The van der Waals surface area contributed by atoms with E-state index in [2.05, 4.69) is 10.1 Å². The molecule has 140 valence electrons. The average Bonchev–Trinajstić information content (AvgIpc) is 3.00. The molecule has 1 heterocycles. The third-order valence-electron chi connectivity index (χ3n) is 2.92. The van der Waals surface area contributed by atoms with E-state index in [4.69, 9.17) is 0 Å². The summed E-state index contributed by atoms with van der Waals surface area (Å²) in [7, 11) is 0. The average molecular weight is 397 g/mol. The van der Waals surface area contributed by atoms with Gasteiger partial charge in [-0.1, -0.05) is 12.1 Å². The van der Waals surface area contributed by atoms with Crippen molar-refractivity contribution >= 4 is 23.0 Å². The van der Waals surface area contributed by atoms with Crippen LogP contribution in [0.15, 0.2) is 36.4 Å². The molecule has 0 spiro atoms. The first kappa shape index (κ1) is 19.8. The predicted molar refractivity (Wildman–Crippen MR) is 79.0 cm³/mol. The molecule has 11 heteroatoms. The van der Waals surface area contributed by atoms with E-state index in [9.17, 15) is 35.9 Å². The molecule has 0 atom stereocenters. The second kappa shape index (κ2) is 7.36. The van der Waals surface area contributed by atoms with Crippen molar-refractivity contribution in [3.05, 3.63) is 51.7 Å². The molecule has 0 bridgehead atoms. The Morgan fingerprint density at radius 1 is 0.923 bits per heavy atom. The summed E-state index contributed by atoms with van der Waals surface area (Å²) in [6.07, 6.45) is -9.85. The number of carbonyl (C=O) groups is 2. The zero-order chi connectivity index (χ0) is 19.5. The number of alkyl halides is 6. The number of ketones is 1. The third-order valence-corrected chi connectivity index (χ3v) is 4.00. The molecule has 0 saturated heterocycles. The molecule has 0 aliphatic rings. The molecule has 0 saturated carbocycles. The minimum absolute atomic E-state index is 0.0778. The highest BCUT2D eigenvalue weighted by Crippen LogP contribution is 2.26. The van der Waals surface area contributed by atoms with Crippen molar-refractivity contribution in [1.29, 1.82) is 0 Å². The van der Waals surface area contributed by atoms with Gasteiger partial charge >= 0.3 is 12.5 Å². The Morgan fingerprint density at radius 3 is 2.04 bits per heavy atom. The van der Waals surface area contributed by atoms with Gasteiger partial charge in [-0.15, -0.1) is 24.5 Å². The quantitative estimate of drug-likeness (QED) is 0.604. The van der Waals surface area contributed by atoms with Crippen LogP contribution in [0, 0.1) is 0 Å². The van der Waals surface area contributed by atoms with Crippen molar-refractivity contribution in [1.82, 2.24) is 5.32 Å². The van der Waals surface area contributed by atoms with Gasteiger partial charge in [0, 0.05) is 6.54 Å². The van der Waals surface area contributed by atoms with Gasteiger partial charge in [0.1, 0.15) is 5.75 Å². The number of Topliss-reactive ketones (excluding diaryl/α,β-unsaturated/α-hetero) is 1. The monoisotopic (exact) mass is 397 g/mol. The number of hydrogen-bond donors (Lipinski definition) is 1. The van der Waals surface area contributed by atoms with Crippen LogP contribution in [0.3, 0.4) is 0 Å². The Balaban J connectivity index is 1.95. The van der Waals surface area contributed by atoms with Gasteiger partial charge in [-0.3, -0.25) is 9.59 Å². The summed E-state index contributed by atoms with van der Waals surface area (Å²) >= 11 is 0.393. The maximum atomic E-state index is 12.3. The van der Waals surface area contributed by atoms with E-state index < -0.39 is 34.9 Å². The first-order chi connectivity index (χ1) is 12.0. The van der Waals surface area contributed by atoms with Crippen LogP contribution in [0.25, 0.3) is 0 Å². The minimum Gasteiger partial charge on any atom is -0.406 e. The highest BCUT2D eigenvalue weighted by atomic mass is 32.1. The van der Waals surface area contributed by atoms with Crippen molar-refractivity contribution in [3.8, 4) is 5.75 Å². The highest BCUT2D eigenvalue weighted by Gasteiger charge is 2.40. The van der Waals surface area contributed by atoms with Crippen LogP contribution in [-0.2, 0) is 6.54 Å². The molecule has 0 aliphatic carbocycles. The number of ether oxygens (including phenoxy) is 1. The first-order valence-electron chi connectivity index (χ1n) is 6.80. The molecule has 2 rings (SSSR count). The van der Waals surface area contributed by atoms with E-state index in [1.165, 1.54) is 12.1 Å². The summed E-state index contributed by atoms with van der Waals surface area (Å²) in [5, 5.41) is 2.39. The summed E-state index contributed by atoms with van der Waals surface area (Å²) < 4.78 is 76.8. The molecule has 1 amide bonds. The summed E-state index contributed by atoms with van der Waals surface area (Å²) in [5.74, 6) is -3.19. The number of rotatable bonds is 5. The van der Waals surface area contributed by atoms with Crippen LogP contribution in [0.1, 0.15) is 24.9 Å². The Labute approximate surface area is 146 Å². The summed E-state index contributed by atoms with van der Waals surface area (Å²) in [4.78, 5) is 22.2. The molecule has 0 radical (unpaired) electrons. The van der Waals surface area contributed by atoms with Crippen molar-refractivity contribution < 1.29 is 40.7 Å². The lowest BCUT2D eigenvalue weighted by atomic mass is 10.2. The Bertz CT molecular complexity index is 795. The van der Waals surface area contributed by atoms with Gasteiger partial charge < -0.3 is 10.1 Å². The topological polar surface area (TPSA) is 55.4 Å². The standard InChI is InChI=1S/C15H9F6NO3S/c16-14(17,18)12(23)10-5-6-11(26-10)13(24)22-7-8-1-3-9(4-2-8)25-15(19,20)21/h1-6H,7H2,(H,22,24). The molecular weight excluding hydrogens is 388 g/mol. The highest BCUT2D eigenvalue weighted by molar-refractivity contribution is 7.16. The van der Waals surface area contributed by atoms with E-state index in [1.54, 1.807) is 0 Å². The fourth-order valence-electron chi connectivity index (χ4n) is 1.80. The van der Waals surface area contributed by atoms with Crippen molar-refractivity contribution in [2.75, 3.05) is 0 Å². The summed E-state index contributed by atoms with van der Waals surface area (Å²) in [5.41, 5.74) is 0.441. The molecule has 1 aromatic heterocycles. The SMILES string of the molecule is O=C(NCc1ccc(OC(F)(F)F)cc1)c1ccc(C(=O)C(F)(F)F)s1. The Kier molecular flexibility index (Phi) is 5.59. The molecular formula is C15H9F6NO3S. The van der Waals surface area contributed by atoms with Gasteiger partial charge in [0.05, 0.1) is 9.75 Å². The fourth-order valence-corrected chi connectivity index (χ4v) is 2.68. The number of thiophene rings is 1. The van der Waals surface area contributed by atoms with E-state index in [-0.39, 0.29) is 11.4 Å². The van der Waals surface area contributed by atoms with Gasteiger partial charge in [-0.05, 0) is 29.8 Å². The number of hydrogen-bond acceptors (Lipinski definition) is 4. The molecule has 0 unspecified atom stereocenters. The number of halogens is 6. The molecule has 0 aliphatic heterocycles. The maximum absolute atomic E-state index is 12.3. The number of benzene rings is 1. The molecule has 26 heavy (non-hydrogen) atoms. The number of amides is 1. The Morgan fingerprint density at radius 2 is 1.50 bits per heavy atom. The van der Waals surface area contributed by atoms with Gasteiger partial charge in [0.25, 0.3) is 11.7 Å². The van der Waals surface area contributed by atoms with Crippen LogP contribution >= 0.6 is 11.3 Å². The molecule has 0 fully saturated rings. The zero-order valence-corrected chi connectivity index (χ0v) is 13.4. The van der Waals surface area contributed by atoms with E-state index in [1.807, 2.05) is 0 Å². The van der Waals surface area contributed by atoms with Crippen LogP contribution in [0.2, 0.25) is 0 Å². The van der Waals surface area contributed by atoms with Crippen molar-refractivity contribution in [3.63, 3.8) is 0 Å². The van der Waals surface area contributed by atoms with Gasteiger partial charge in [-0.25, -0.2) is 0 Å². The van der Waals surface area contributed by atoms with Gasteiger partial charge in [0.15, 0.2) is 0 Å². The summed E-state index contributed by atoms with van der Waals surface area (Å²) in [6, 6.07) is 6.67. The largest absolute Gasteiger partial charge is 0.573 e. The van der Waals surface area contributed by atoms with Gasteiger partial charge in [0.2, 0.25) is 0 Å². The lowest BCUT2D eigenvalue weighted by Crippen LogP contribution is -2.22. The molecule has 4 nitrogen and oxygen atoms in total. The summed E-state index contributed by atoms with van der Waals surface area (Å²) in [6.45, 7) is -0.0778. The Hall–Kier alpha value is -2.56. The minimum atomic E-state index is -5.03. The zero-order valence-electron chi connectivity index (χ0n) is 12.6. The molecule has 1 N–H and O–H groups in total. The van der Waals surface area contributed by atoms with Crippen LogP contribution < -0.4 is 10.1 Å².